The average molecular weight is 369 g/mol. The van der Waals surface area contributed by atoms with Crippen molar-refractivity contribution in [2.24, 2.45) is 0 Å². The van der Waals surface area contributed by atoms with E-state index in [1.807, 2.05) is 24.3 Å². The second kappa shape index (κ2) is 5.90. The van der Waals surface area contributed by atoms with Crippen LogP contribution in [0.15, 0.2) is 54.6 Å². The number of carbonyl (C=O) groups is 1. The molecule has 0 bridgehead atoms. The number of carbonyl (C=O) groups excluding carboxylic acids is 1. The molecule has 1 spiro atoms. The SMILES string of the molecule is CCCC[C@@H]1CC(C)(C)OP12(c1ccccc1)NC(=O)c1ccccc12. The minimum absolute atomic E-state index is 0.0151. The maximum atomic E-state index is 13.1. The summed E-state index contributed by atoms with van der Waals surface area (Å²) < 4.78 is 7.08. The van der Waals surface area contributed by atoms with E-state index in [4.69, 9.17) is 4.52 Å². The van der Waals surface area contributed by atoms with Gasteiger partial charge in [0.15, 0.2) is 0 Å². The molecule has 0 saturated carbocycles. The second-order valence-electron chi connectivity index (χ2n) is 8.25. The van der Waals surface area contributed by atoms with Crippen LogP contribution in [0.3, 0.4) is 0 Å². The van der Waals surface area contributed by atoms with Crippen molar-refractivity contribution in [3.63, 3.8) is 0 Å². The molecule has 1 N–H and O–H groups in total. The number of benzene rings is 2. The quantitative estimate of drug-likeness (QED) is 0.805. The van der Waals surface area contributed by atoms with Crippen molar-refractivity contribution in [2.75, 3.05) is 0 Å². The molecule has 4 rings (SSSR count). The van der Waals surface area contributed by atoms with Crippen molar-refractivity contribution in [3.05, 3.63) is 60.2 Å². The van der Waals surface area contributed by atoms with Gasteiger partial charge in [-0.25, -0.2) is 0 Å². The van der Waals surface area contributed by atoms with Crippen molar-refractivity contribution in [1.82, 2.24) is 5.09 Å². The van der Waals surface area contributed by atoms with Gasteiger partial charge in [-0.05, 0) is 0 Å². The van der Waals surface area contributed by atoms with Gasteiger partial charge in [-0.15, -0.1) is 0 Å². The molecular formula is C22H28NO2P. The predicted octanol–water partition coefficient (Wildman–Crippen LogP) is 4.52. The summed E-state index contributed by atoms with van der Waals surface area (Å²) >= 11 is 0. The first-order valence-electron chi connectivity index (χ1n) is 9.64. The molecule has 4 heteroatoms. The van der Waals surface area contributed by atoms with Gasteiger partial charge in [-0.1, -0.05) is 0 Å². The summed E-state index contributed by atoms with van der Waals surface area (Å²) in [6.45, 7) is 3.27. The fourth-order valence-corrected chi connectivity index (χ4v) is 11.9. The third kappa shape index (κ3) is 2.23. The molecule has 0 aliphatic carbocycles. The summed E-state index contributed by atoms with van der Waals surface area (Å²) in [5.41, 5.74) is 0.829. The van der Waals surface area contributed by atoms with Crippen LogP contribution in [0, 0.1) is 0 Å². The van der Waals surface area contributed by atoms with E-state index in [1.54, 1.807) is 0 Å². The van der Waals surface area contributed by atoms with Crippen molar-refractivity contribution >= 4 is 23.5 Å². The van der Waals surface area contributed by atoms with Crippen LogP contribution in [0.25, 0.3) is 0 Å². The van der Waals surface area contributed by atoms with Crippen molar-refractivity contribution < 1.29 is 9.32 Å². The predicted molar refractivity (Wildman–Crippen MR) is 110 cm³/mol. The molecular weight excluding hydrogens is 341 g/mol. The normalized spacial score (nSPS) is 26.0. The molecule has 3 nitrogen and oxygen atoms in total. The first kappa shape index (κ1) is 17.7. The summed E-state index contributed by atoms with van der Waals surface area (Å²) in [5.74, 6) is 0.0151. The molecule has 2 aliphatic rings. The molecule has 0 unspecified atom stereocenters. The molecule has 0 radical (unpaired) electrons. The monoisotopic (exact) mass is 369 g/mol. The number of nitrogens with one attached hydrogen (secondary N) is 1. The molecule has 1 saturated heterocycles. The summed E-state index contributed by atoms with van der Waals surface area (Å²) in [6, 6.07) is 18.5. The number of hydrogen-bond acceptors (Lipinski definition) is 2. The zero-order valence-electron chi connectivity index (χ0n) is 15.9. The molecule has 0 aromatic heterocycles. The number of rotatable bonds is 4. The van der Waals surface area contributed by atoms with Gasteiger partial charge < -0.3 is 0 Å². The van der Waals surface area contributed by atoms with Gasteiger partial charge >= 0.3 is 156 Å². The average Bonchev–Trinajstić information content (AvgIpc) is 3.04. The van der Waals surface area contributed by atoms with E-state index in [0.29, 0.717) is 5.66 Å². The van der Waals surface area contributed by atoms with Crippen LogP contribution in [0.2, 0.25) is 0 Å². The molecule has 1 atom stereocenters. The van der Waals surface area contributed by atoms with Crippen LogP contribution in [0.5, 0.6) is 0 Å². The first-order chi connectivity index (χ1) is 12.4. The van der Waals surface area contributed by atoms with Crippen molar-refractivity contribution in [2.45, 2.75) is 57.7 Å². The van der Waals surface area contributed by atoms with Crippen LogP contribution >= 0.6 is 6.98 Å². The van der Waals surface area contributed by atoms with Crippen LogP contribution in [0.1, 0.15) is 56.8 Å². The Morgan fingerprint density at radius 2 is 1.81 bits per heavy atom. The van der Waals surface area contributed by atoms with Gasteiger partial charge in [-0.2, -0.15) is 0 Å². The molecule has 138 valence electrons. The summed E-state index contributed by atoms with van der Waals surface area (Å²) in [4.78, 5) is 13.1. The topological polar surface area (TPSA) is 38.3 Å². The standard InChI is InChI=1S/C22H28NO2P/c1-4-5-11-18-16-22(2,3)25-26(18,17-12-7-6-8-13-17)20-15-10-9-14-19(20)21(24)23-26/h6-10,12-15,18H,4-5,11,16H2,1-3H3,(H,23,24)/t18-/m1/s1. The van der Waals surface area contributed by atoms with Crippen LogP contribution < -0.4 is 15.7 Å². The third-order valence-corrected chi connectivity index (χ3v) is 12.0. The number of fused-ring (bicyclic) bond motifs is 2. The Kier molecular flexibility index (Phi) is 4.02. The van der Waals surface area contributed by atoms with E-state index in [9.17, 15) is 4.79 Å². The number of amides is 1. The van der Waals surface area contributed by atoms with Crippen LogP contribution in [0.4, 0.5) is 0 Å². The zero-order valence-corrected chi connectivity index (χ0v) is 16.8. The van der Waals surface area contributed by atoms with Gasteiger partial charge in [-0.3, -0.25) is 0 Å². The molecule has 2 aliphatic heterocycles. The second-order valence-corrected chi connectivity index (χ2v) is 12.6. The van der Waals surface area contributed by atoms with E-state index in [0.717, 1.165) is 41.9 Å². The Balaban J connectivity index is 2.06. The Morgan fingerprint density at radius 3 is 2.54 bits per heavy atom. The van der Waals surface area contributed by atoms with Gasteiger partial charge in [0.25, 0.3) is 0 Å². The van der Waals surface area contributed by atoms with Crippen molar-refractivity contribution in [1.29, 1.82) is 0 Å². The summed E-state index contributed by atoms with van der Waals surface area (Å²) in [6.07, 6.45) is 4.33. The maximum absolute atomic E-state index is 13.1. The minimum atomic E-state index is -3.29. The van der Waals surface area contributed by atoms with Gasteiger partial charge in [0.05, 0.1) is 0 Å². The Labute approximate surface area is 156 Å². The van der Waals surface area contributed by atoms with Crippen LogP contribution in [-0.2, 0) is 4.52 Å². The van der Waals surface area contributed by atoms with E-state index < -0.39 is 6.98 Å². The van der Waals surface area contributed by atoms with Gasteiger partial charge in [0.1, 0.15) is 0 Å². The Morgan fingerprint density at radius 1 is 1.12 bits per heavy atom. The number of unbranched alkanes of at least 4 members (excludes halogenated alkanes) is 1. The van der Waals surface area contributed by atoms with E-state index >= 15 is 0 Å². The summed E-state index contributed by atoms with van der Waals surface area (Å²) in [7, 11) is 0. The van der Waals surface area contributed by atoms with Crippen molar-refractivity contribution in [3.8, 4) is 0 Å². The molecule has 26 heavy (non-hydrogen) atoms. The fourth-order valence-electron chi connectivity index (χ4n) is 5.08. The number of hydrogen-bond donors (Lipinski definition) is 1. The third-order valence-electron chi connectivity index (χ3n) is 5.97. The van der Waals surface area contributed by atoms with E-state index in [-0.39, 0.29) is 11.5 Å². The Bertz CT molecular complexity index is 850. The van der Waals surface area contributed by atoms with Gasteiger partial charge in [0.2, 0.25) is 0 Å². The first-order valence-corrected chi connectivity index (χ1v) is 11.9. The Hall–Kier alpha value is -1.70. The molecule has 2 aromatic rings. The fraction of sp³-hybridized carbons (Fsp3) is 0.409. The zero-order chi connectivity index (χ0) is 18.4. The van der Waals surface area contributed by atoms with Crippen LogP contribution in [-0.4, -0.2) is 17.2 Å². The van der Waals surface area contributed by atoms with Gasteiger partial charge in [0, 0.05) is 0 Å². The molecule has 1 amide bonds. The van der Waals surface area contributed by atoms with E-state index in [2.05, 4.69) is 56.2 Å². The molecule has 2 heterocycles. The molecule has 1 fully saturated rings. The summed E-state index contributed by atoms with van der Waals surface area (Å²) in [5, 5.41) is 5.76. The molecule has 2 aromatic carbocycles. The van der Waals surface area contributed by atoms with E-state index in [1.165, 1.54) is 0 Å².